The summed E-state index contributed by atoms with van der Waals surface area (Å²) in [7, 11) is 1.85. The fourth-order valence-corrected chi connectivity index (χ4v) is 5.68. The van der Waals surface area contributed by atoms with Gasteiger partial charge in [0, 0.05) is 6.61 Å². The van der Waals surface area contributed by atoms with E-state index in [1.54, 1.807) is 12.1 Å². The van der Waals surface area contributed by atoms with E-state index in [4.69, 9.17) is 10.8 Å². The van der Waals surface area contributed by atoms with E-state index in [2.05, 4.69) is 16.0 Å². The number of phenolic OH excluding ortho intramolecular Hbond substituents is 1. The molecule has 0 spiro atoms. The molecule has 0 aliphatic heterocycles. The molecule has 270 valence electrons. The number of thioether (sulfide) groups is 1. The third kappa shape index (κ3) is 15.8. The van der Waals surface area contributed by atoms with Crippen LogP contribution in [0.1, 0.15) is 54.4 Å². The first-order valence-corrected chi connectivity index (χ1v) is 17.2. The lowest BCUT2D eigenvalue weighted by molar-refractivity contribution is -0.134. The molecule has 0 fully saturated rings. The van der Waals surface area contributed by atoms with Crippen molar-refractivity contribution in [2.24, 2.45) is 5.73 Å². The predicted octanol–water partition coefficient (Wildman–Crippen LogP) is 1.57. The lowest BCUT2D eigenvalue weighted by Crippen LogP contribution is -2.54. The fraction of sp³-hybridized carbons (Fsp3) is 0.529. The molecule has 14 heteroatoms. The summed E-state index contributed by atoms with van der Waals surface area (Å²) in [6.07, 6.45) is 6.26. The van der Waals surface area contributed by atoms with Crippen LogP contribution in [-0.2, 0) is 32.0 Å². The summed E-state index contributed by atoms with van der Waals surface area (Å²) < 4.78 is 0. The average molecular weight is 712 g/mol. The van der Waals surface area contributed by atoms with Gasteiger partial charge in [-0.3, -0.25) is 29.4 Å². The van der Waals surface area contributed by atoms with Crippen LogP contribution in [0.2, 0.25) is 0 Å². The lowest BCUT2D eigenvalue weighted by atomic mass is 9.96. The van der Waals surface area contributed by atoms with Crippen LogP contribution in [0.3, 0.4) is 0 Å². The van der Waals surface area contributed by atoms with Crippen molar-refractivity contribution in [3.63, 3.8) is 0 Å². The maximum atomic E-state index is 13.3. The van der Waals surface area contributed by atoms with Crippen molar-refractivity contribution in [1.82, 2.24) is 20.9 Å². The smallest absolute Gasteiger partial charge is 0.245 e. The van der Waals surface area contributed by atoms with Crippen LogP contribution in [0.25, 0.3) is 0 Å². The first-order chi connectivity index (χ1) is 22.0. The van der Waals surface area contributed by atoms with Gasteiger partial charge in [-0.15, -0.1) is 12.4 Å². The van der Waals surface area contributed by atoms with Crippen molar-refractivity contribution in [1.29, 1.82) is 0 Å². The summed E-state index contributed by atoms with van der Waals surface area (Å²) >= 11 is 1.51. The van der Waals surface area contributed by atoms with Crippen molar-refractivity contribution in [2.75, 3.05) is 38.8 Å². The normalized spacial score (nSPS) is 12.6. The van der Waals surface area contributed by atoms with Gasteiger partial charge in [0.15, 0.2) is 0 Å². The number of hydrogen-bond acceptors (Lipinski definition) is 9. The van der Waals surface area contributed by atoms with E-state index < -0.39 is 48.3 Å². The van der Waals surface area contributed by atoms with Gasteiger partial charge in [-0.2, -0.15) is 11.8 Å². The molecule has 0 unspecified atom stereocenters. The number of nitrogens with zero attached hydrogens (tertiary/aromatic N) is 1. The highest BCUT2D eigenvalue weighted by Gasteiger charge is 2.27. The molecule has 2 rings (SSSR count). The van der Waals surface area contributed by atoms with Crippen LogP contribution < -0.4 is 21.7 Å². The Morgan fingerprint density at radius 2 is 1.56 bits per heavy atom. The maximum absolute atomic E-state index is 13.3. The SMILES string of the molecule is CSCC[C@@H](NC(=O)[C@@H](N)Cc1c(C)cc(O)cc1C)C(=O)NCC(=O)NC(=O)[C@H](Cc1ccccc1)N(C)CCCCCCO.Cl.O. The molecule has 9 N–H and O–H groups in total. The van der Waals surface area contributed by atoms with Gasteiger partial charge in [0.25, 0.3) is 0 Å². The molecule has 4 amide bonds. The quantitative estimate of drug-likeness (QED) is 0.110. The fourth-order valence-electron chi connectivity index (χ4n) is 5.21. The van der Waals surface area contributed by atoms with Crippen LogP contribution in [0.5, 0.6) is 5.75 Å². The van der Waals surface area contributed by atoms with Gasteiger partial charge in [-0.1, -0.05) is 43.2 Å². The molecule has 0 aromatic heterocycles. The second-order valence-electron chi connectivity index (χ2n) is 11.7. The number of phenols is 1. The number of carbonyl (C=O) groups is 4. The van der Waals surface area contributed by atoms with E-state index in [1.807, 2.05) is 62.4 Å². The van der Waals surface area contributed by atoms with Gasteiger partial charge in [-0.05, 0) is 106 Å². The third-order valence-electron chi connectivity index (χ3n) is 7.90. The van der Waals surface area contributed by atoms with Crippen LogP contribution in [0.15, 0.2) is 42.5 Å². The predicted molar refractivity (Wildman–Crippen MR) is 193 cm³/mol. The number of carbonyl (C=O) groups excluding carboxylic acids is 4. The molecule has 12 nitrogen and oxygen atoms in total. The molecular weight excluding hydrogens is 658 g/mol. The number of nitrogens with two attached hydrogens (primary N) is 1. The summed E-state index contributed by atoms with van der Waals surface area (Å²) in [5.41, 5.74) is 9.65. The van der Waals surface area contributed by atoms with Crippen molar-refractivity contribution >= 4 is 47.8 Å². The molecule has 0 saturated heterocycles. The number of nitrogens with one attached hydrogen (secondary N) is 3. The van der Waals surface area contributed by atoms with Gasteiger partial charge < -0.3 is 32.1 Å². The van der Waals surface area contributed by atoms with Crippen molar-refractivity contribution < 1.29 is 34.9 Å². The molecule has 0 aliphatic rings. The van der Waals surface area contributed by atoms with Gasteiger partial charge in [0.05, 0.1) is 18.6 Å². The molecule has 0 saturated carbocycles. The summed E-state index contributed by atoms with van der Waals surface area (Å²) in [5.74, 6) is -1.44. The Kier molecular flexibility index (Phi) is 22.4. The van der Waals surface area contributed by atoms with E-state index in [1.165, 1.54) is 11.8 Å². The first-order valence-electron chi connectivity index (χ1n) is 15.8. The van der Waals surface area contributed by atoms with Gasteiger partial charge in [0.1, 0.15) is 11.8 Å². The Morgan fingerprint density at radius 3 is 2.17 bits per heavy atom. The largest absolute Gasteiger partial charge is 0.508 e. The van der Waals surface area contributed by atoms with Crippen molar-refractivity contribution in [2.45, 2.75) is 76.9 Å². The topological polar surface area (TPSA) is 206 Å². The van der Waals surface area contributed by atoms with E-state index in [0.29, 0.717) is 25.1 Å². The summed E-state index contributed by atoms with van der Waals surface area (Å²) in [6, 6.07) is 10.3. The third-order valence-corrected chi connectivity index (χ3v) is 8.54. The summed E-state index contributed by atoms with van der Waals surface area (Å²) in [6.45, 7) is 4.04. The Labute approximate surface area is 294 Å². The zero-order valence-corrected chi connectivity index (χ0v) is 30.1. The number of benzene rings is 2. The summed E-state index contributed by atoms with van der Waals surface area (Å²) in [4.78, 5) is 54.1. The minimum atomic E-state index is -0.930. The standard InChI is InChI=1S/C34H51N5O6S.ClH.H2O/c1-23-18-26(41)19-24(2)27(23)21-28(35)32(43)37-29(14-17-46-4)33(44)36-22-31(42)38-34(45)30(20-25-12-8-7-9-13-25)39(3)15-10-5-6-11-16-40;;/h7-9,12-13,18-19,28-30,40-41H,5-6,10-11,14-17,20-22,35H2,1-4H3,(H,36,44)(H,37,43)(H,38,42,45);1H;1H2/t28-,29+,30-;;/m0../s1. The first kappa shape index (κ1) is 44.8. The number of imide groups is 1. The minimum absolute atomic E-state index is 0. The average Bonchev–Trinajstić information content (AvgIpc) is 3.02. The van der Waals surface area contributed by atoms with Crippen molar-refractivity contribution in [3.05, 3.63) is 64.7 Å². The number of halogens is 1. The molecule has 0 heterocycles. The number of unbranched alkanes of at least 4 members (excludes halogenated alkanes) is 3. The Morgan fingerprint density at radius 1 is 0.938 bits per heavy atom. The highest BCUT2D eigenvalue weighted by molar-refractivity contribution is 7.98. The van der Waals surface area contributed by atoms with Crippen LogP contribution in [0.4, 0.5) is 0 Å². The maximum Gasteiger partial charge on any atom is 0.245 e. The number of hydrogen-bond donors (Lipinski definition) is 6. The molecule has 3 atom stereocenters. The number of aliphatic hydroxyl groups is 1. The highest BCUT2D eigenvalue weighted by Crippen LogP contribution is 2.22. The molecule has 2 aromatic carbocycles. The van der Waals surface area contributed by atoms with E-state index in [-0.39, 0.29) is 36.7 Å². The van der Waals surface area contributed by atoms with Gasteiger partial charge in [-0.25, -0.2) is 0 Å². The molecule has 48 heavy (non-hydrogen) atoms. The van der Waals surface area contributed by atoms with E-state index in [9.17, 15) is 24.3 Å². The molecular formula is C34H54ClN5O7S. The minimum Gasteiger partial charge on any atom is -0.508 e. The van der Waals surface area contributed by atoms with Gasteiger partial charge in [0.2, 0.25) is 23.6 Å². The molecule has 0 aliphatic carbocycles. The number of aliphatic hydroxyl groups excluding tert-OH is 1. The number of likely N-dealkylation sites (N-methyl/N-ethyl adjacent to an activating group) is 1. The Bertz CT molecular complexity index is 1260. The Hall–Kier alpha value is -3.20. The zero-order chi connectivity index (χ0) is 34.1. The van der Waals surface area contributed by atoms with Crippen LogP contribution in [0, 0.1) is 13.8 Å². The number of aryl methyl sites for hydroxylation is 2. The molecule has 0 bridgehead atoms. The van der Waals surface area contributed by atoms with Crippen LogP contribution in [-0.4, -0.2) is 101 Å². The monoisotopic (exact) mass is 711 g/mol. The number of rotatable bonds is 20. The molecule has 0 radical (unpaired) electrons. The number of amides is 4. The van der Waals surface area contributed by atoms with Crippen LogP contribution >= 0.6 is 24.2 Å². The van der Waals surface area contributed by atoms with Gasteiger partial charge >= 0.3 is 0 Å². The lowest BCUT2D eigenvalue weighted by Gasteiger charge is -2.27. The second-order valence-corrected chi connectivity index (χ2v) is 12.7. The van der Waals surface area contributed by atoms with Crippen molar-refractivity contribution in [3.8, 4) is 5.75 Å². The summed E-state index contributed by atoms with van der Waals surface area (Å²) in [5, 5.41) is 26.5. The zero-order valence-electron chi connectivity index (χ0n) is 28.4. The van der Waals surface area contributed by atoms with E-state index in [0.717, 1.165) is 47.9 Å². The van der Waals surface area contributed by atoms with E-state index >= 15 is 0 Å². The second kappa shape index (κ2) is 24.0. The highest BCUT2D eigenvalue weighted by atomic mass is 35.5. The molecule has 2 aromatic rings. The number of aromatic hydroxyl groups is 1. The Balaban J connectivity index is 0.0000110.